The van der Waals surface area contributed by atoms with Crippen molar-refractivity contribution in [3.63, 3.8) is 0 Å². The summed E-state index contributed by atoms with van der Waals surface area (Å²) in [6, 6.07) is 0.275. The fraction of sp³-hybridized carbons (Fsp3) is 0.938. The number of rotatable bonds is 10. The Morgan fingerprint density at radius 2 is 2.24 bits per heavy atom. The predicted octanol–water partition coefficient (Wildman–Crippen LogP) is 2.59. The summed E-state index contributed by atoms with van der Waals surface area (Å²) in [6.07, 6.45) is 4.96. The first-order valence-corrected chi connectivity index (χ1v) is 9.35. The zero-order chi connectivity index (χ0) is 15.7. The lowest BCUT2D eigenvalue weighted by molar-refractivity contribution is -0.153. The van der Waals surface area contributed by atoms with Crippen LogP contribution in [0.1, 0.15) is 52.9 Å². The Kier molecular flexibility index (Phi) is 8.67. The number of ether oxygens (including phenoxy) is 1. The molecule has 0 spiro atoms. The van der Waals surface area contributed by atoms with Gasteiger partial charge in [-0.2, -0.15) is 11.8 Å². The Bertz CT molecular complexity index is 312. The van der Waals surface area contributed by atoms with E-state index in [-0.39, 0.29) is 18.6 Å². The molecule has 21 heavy (non-hydrogen) atoms. The van der Waals surface area contributed by atoms with E-state index < -0.39 is 5.54 Å². The molecule has 1 fully saturated rings. The summed E-state index contributed by atoms with van der Waals surface area (Å²) in [4.78, 5) is 12.5. The summed E-state index contributed by atoms with van der Waals surface area (Å²) in [5, 5.41) is 12.3. The molecule has 2 atom stereocenters. The van der Waals surface area contributed by atoms with Crippen molar-refractivity contribution in [2.75, 3.05) is 24.7 Å². The van der Waals surface area contributed by atoms with Gasteiger partial charge in [0.15, 0.2) is 0 Å². The van der Waals surface area contributed by atoms with Gasteiger partial charge in [-0.25, -0.2) is 0 Å². The topological polar surface area (TPSA) is 58.6 Å². The lowest BCUT2D eigenvalue weighted by Crippen LogP contribution is -2.58. The summed E-state index contributed by atoms with van der Waals surface area (Å²) in [7, 11) is 0. The van der Waals surface area contributed by atoms with Crippen LogP contribution in [0.2, 0.25) is 0 Å². The number of carbonyl (C=O) groups excluding carboxylic acids is 1. The third kappa shape index (κ3) is 5.46. The maximum atomic E-state index is 12.5. The molecular weight excluding hydrogens is 286 g/mol. The van der Waals surface area contributed by atoms with Gasteiger partial charge in [-0.15, -0.1) is 0 Å². The minimum Gasteiger partial charge on any atom is -0.465 e. The summed E-state index contributed by atoms with van der Waals surface area (Å²) < 4.78 is 5.36. The quantitative estimate of drug-likeness (QED) is 0.479. The summed E-state index contributed by atoms with van der Waals surface area (Å²) in [5.41, 5.74) is -0.484. The van der Waals surface area contributed by atoms with Gasteiger partial charge < -0.3 is 9.84 Å². The second kappa shape index (κ2) is 9.70. The van der Waals surface area contributed by atoms with Crippen LogP contribution in [0.3, 0.4) is 0 Å². The molecule has 0 aromatic rings. The van der Waals surface area contributed by atoms with Gasteiger partial charge >= 0.3 is 5.97 Å². The average Bonchev–Trinajstić information content (AvgIpc) is 2.82. The molecule has 2 N–H and O–H groups in total. The molecule has 0 aromatic heterocycles. The Balaban J connectivity index is 2.63. The van der Waals surface area contributed by atoms with E-state index in [2.05, 4.69) is 19.2 Å². The first kappa shape index (κ1) is 18.8. The molecule has 1 aliphatic rings. The van der Waals surface area contributed by atoms with Gasteiger partial charge in [0, 0.05) is 12.6 Å². The number of aliphatic hydroxyl groups excluding tert-OH is 1. The third-order valence-corrected chi connectivity index (χ3v) is 5.17. The summed E-state index contributed by atoms with van der Waals surface area (Å²) in [5.74, 6) is 2.33. The second-order valence-corrected chi connectivity index (χ2v) is 7.28. The molecule has 1 saturated carbocycles. The molecule has 5 heteroatoms. The molecular formula is C16H31NO3S. The number of esters is 1. The van der Waals surface area contributed by atoms with E-state index in [4.69, 9.17) is 9.84 Å². The number of hydrogen-bond acceptors (Lipinski definition) is 5. The van der Waals surface area contributed by atoms with E-state index in [1.54, 1.807) is 0 Å². The fourth-order valence-corrected chi connectivity index (χ4v) is 4.24. The van der Waals surface area contributed by atoms with Crippen molar-refractivity contribution in [3.8, 4) is 0 Å². The number of aliphatic hydroxyl groups is 1. The van der Waals surface area contributed by atoms with Crippen molar-refractivity contribution in [3.05, 3.63) is 0 Å². The standard InChI is InChI=1S/C16H31NO3S/c1-4-20-15(19)16(17-13(2)3)9-5-7-14(16)8-12-21-11-6-10-18/h13-14,17-18H,4-12H2,1-3H3. The average molecular weight is 317 g/mol. The highest BCUT2D eigenvalue weighted by molar-refractivity contribution is 7.99. The monoisotopic (exact) mass is 317 g/mol. The second-order valence-electron chi connectivity index (χ2n) is 6.06. The van der Waals surface area contributed by atoms with E-state index in [1.807, 2.05) is 18.7 Å². The minimum atomic E-state index is -0.484. The van der Waals surface area contributed by atoms with Gasteiger partial charge in [0.2, 0.25) is 0 Å². The number of thioether (sulfide) groups is 1. The van der Waals surface area contributed by atoms with Gasteiger partial charge in [0.1, 0.15) is 5.54 Å². The van der Waals surface area contributed by atoms with Crippen LogP contribution in [0.15, 0.2) is 0 Å². The van der Waals surface area contributed by atoms with Crippen LogP contribution < -0.4 is 5.32 Å². The van der Waals surface area contributed by atoms with Crippen LogP contribution in [0, 0.1) is 5.92 Å². The lowest BCUT2D eigenvalue weighted by atomic mass is 9.84. The van der Waals surface area contributed by atoms with Gasteiger partial charge in [-0.3, -0.25) is 10.1 Å². The van der Waals surface area contributed by atoms with Gasteiger partial charge in [0.25, 0.3) is 0 Å². The molecule has 1 rings (SSSR count). The molecule has 0 aliphatic heterocycles. The number of nitrogens with one attached hydrogen (secondary N) is 1. The van der Waals surface area contributed by atoms with Gasteiger partial charge in [-0.05, 0) is 63.9 Å². The molecule has 0 bridgehead atoms. The van der Waals surface area contributed by atoms with Crippen molar-refractivity contribution >= 4 is 17.7 Å². The molecule has 0 heterocycles. The first-order valence-electron chi connectivity index (χ1n) is 8.20. The van der Waals surface area contributed by atoms with E-state index in [0.29, 0.717) is 12.5 Å². The molecule has 4 nitrogen and oxygen atoms in total. The lowest BCUT2D eigenvalue weighted by Gasteiger charge is -2.36. The number of hydrogen-bond donors (Lipinski definition) is 2. The largest absolute Gasteiger partial charge is 0.465 e. The molecule has 0 saturated heterocycles. The third-order valence-electron chi connectivity index (χ3n) is 4.06. The molecule has 0 amide bonds. The highest BCUT2D eigenvalue weighted by Crippen LogP contribution is 2.40. The maximum Gasteiger partial charge on any atom is 0.326 e. The first-order chi connectivity index (χ1) is 10.1. The molecule has 124 valence electrons. The van der Waals surface area contributed by atoms with Crippen LogP contribution in [0.4, 0.5) is 0 Å². The highest BCUT2D eigenvalue weighted by Gasteiger charge is 2.49. The predicted molar refractivity (Wildman–Crippen MR) is 88.6 cm³/mol. The van der Waals surface area contributed by atoms with Crippen molar-refractivity contribution in [1.82, 2.24) is 5.32 Å². The zero-order valence-corrected chi connectivity index (χ0v) is 14.5. The van der Waals surface area contributed by atoms with E-state index in [0.717, 1.165) is 43.6 Å². The Morgan fingerprint density at radius 3 is 2.86 bits per heavy atom. The zero-order valence-electron chi connectivity index (χ0n) is 13.7. The van der Waals surface area contributed by atoms with E-state index in [9.17, 15) is 4.79 Å². The van der Waals surface area contributed by atoms with Crippen LogP contribution >= 0.6 is 11.8 Å². The SMILES string of the molecule is CCOC(=O)C1(NC(C)C)CCCC1CCSCCCO. The van der Waals surface area contributed by atoms with Crippen molar-refractivity contribution < 1.29 is 14.6 Å². The van der Waals surface area contributed by atoms with E-state index in [1.165, 1.54) is 0 Å². The van der Waals surface area contributed by atoms with Gasteiger partial charge in [0.05, 0.1) is 6.61 Å². The maximum absolute atomic E-state index is 12.5. The Labute approximate surface area is 133 Å². The molecule has 0 radical (unpaired) electrons. The minimum absolute atomic E-state index is 0.0680. The molecule has 0 aromatic carbocycles. The van der Waals surface area contributed by atoms with Crippen LogP contribution in [0.25, 0.3) is 0 Å². The summed E-state index contributed by atoms with van der Waals surface area (Å²) in [6.45, 7) is 6.75. The van der Waals surface area contributed by atoms with Crippen LogP contribution in [0.5, 0.6) is 0 Å². The van der Waals surface area contributed by atoms with Crippen molar-refractivity contribution in [2.24, 2.45) is 5.92 Å². The molecule has 2 unspecified atom stereocenters. The Hall–Kier alpha value is -0.260. The Morgan fingerprint density at radius 1 is 1.48 bits per heavy atom. The molecule has 1 aliphatic carbocycles. The fourth-order valence-electron chi connectivity index (χ4n) is 3.26. The highest BCUT2D eigenvalue weighted by atomic mass is 32.2. The smallest absolute Gasteiger partial charge is 0.326 e. The van der Waals surface area contributed by atoms with E-state index >= 15 is 0 Å². The van der Waals surface area contributed by atoms with Crippen LogP contribution in [-0.2, 0) is 9.53 Å². The number of carbonyl (C=O) groups is 1. The van der Waals surface area contributed by atoms with Gasteiger partial charge in [-0.1, -0.05) is 6.42 Å². The van der Waals surface area contributed by atoms with Crippen LogP contribution in [-0.4, -0.2) is 47.4 Å². The van der Waals surface area contributed by atoms with Crippen molar-refractivity contribution in [1.29, 1.82) is 0 Å². The summed E-state index contributed by atoms with van der Waals surface area (Å²) >= 11 is 1.87. The van der Waals surface area contributed by atoms with Crippen molar-refractivity contribution in [2.45, 2.75) is 64.5 Å². The normalized spacial score (nSPS) is 25.5.